The van der Waals surface area contributed by atoms with Crippen molar-refractivity contribution in [2.24, 2.45) is 0 Å². The molecule has 1 aliphatic heterocycles. The molecule has 150 valence electrons. The number of aromatic nitrogens is 1. The first-order chi connectivity index (χ1) is 14.1. The van der Waals surface area contributed by atoms with Crippen LogP contribution in [0.5, 0.6) is 11.5 Å². The molecule has 2 aromatic carbocycles. The summed E-state index contributed by atoms with van der Waals surface area (Å²) in [7, 11) is 0. The fourth-order valence-electron chi connectivity index (χ4n) is 2.96. The van der Waals surface area contributed by atoms with E-state index in [4.69, 9.17) is 9.47 Å². The van der Waals surface area contributed by atoms with Gasteiger partial charge < -0.3 is 14.8 Å². The van der Waals surface area contributed by atoms with Gasteiger partial charge in [-0.05, 0) is 35.4 Å². The van der Waals surface area contributed by atoms with Gasteiger partial charge in [-0.15, -0.1) is 11.3 Å². The summed E-state index contributed by atoms with van der Waals surface area (Å²) >= 11 is 1.30. The summed E-state index contributed by atoms with van der Waals surface area (Å²) in [4.78, 5) is 17.4. The van der Waals surface area contributed by atoms with E-state index in [-0.39, 0.29) is 12.3 Å². The number of ether oxygens (including phenoxy) is 2. The van der Waals surface area contributed by atoms with Gasteiger partial charge in [-0.2, -0.15) is 0 Å². The molecule has 0 saturated heterocycles. The number of nitrogens with zero attached hydrogens (tertiary/aromatic N) is 1. The molecule has 0 spiro atoms. The fourth-order valence-corrected chi connectivity index (χ4v) is 3.83. The summed E-state index contributed by atoms with van der Waals surface area (Å²) < 4.78 is 37.6. The Hall–Kier alpha value is -3.00. The topological polar surface area (TPSA) is 60.5 Å². The Labute approximate surface area is 170 Å². The number of halogens is 2. The monoisotopic (exact) mass is 416 g/mol. The van der Waals surface area contributed by atoms with Crippen LogP contribution in [0.3, 0.4) is 0 Å². The number of hydrogen-bond acceptors (Lipinski definition) is 5. The predicted octanol–water partition coefficient (Wildman–Crippen LogP) is 4.35. The number of fused-ring (bicyclic) bond motifs is 1. The molecule has 0 unspecified atom stereocenters. The van der Waals surface area contributed by atoms with Gasteiger partial charge in [0.25, 0.3) is 0 Å². The Morgan fingerprint density at radius 2 is 1.83 bits per heavy atom. The third kappa shape index (κ3) is 4.89. The molecule has 1 aliphatic rings. The highest BCUT2D eigenvalue weighted by Crippen LogP contribution is 2.30. The molecule has 0 atom stereocenters. The highest BCUT2D eigenvalue weighted by atomic mass is 32.1. The summed E-state index contributed by atoms with van der Waals surface area (Å²) in [6.07, 6.45) is 3.03. The van der Waals surface area contributed by atoms with Gasteiger partial charge in [-0.3, -0.25) is 4.79 Å². The van der Waals surface area contributed by atoms with Crippen molar-refractivity contribution in [1.29, 1.82) is 0 Å². The van der Waals surface area contributed by atoms with Gasteiger partial charge in [0.2, 0.25) is 5.91 Å². The number of hydrogen-bond donors (Lipinski definition) is 1. The second kappa shape index (κ2) is 8.57. The van der Waals surface area contributed by atoms with E-state index in [1.807, 2.05) is 18.2 Å². The molecular formula is C21H18F2N2O3S. The smallest absolute Gasteiger partial charge is 0.230 e. The highest BCUT2D eigenvalue weighted by molar-refractivity contribution is 7.15. The van der Waals surface area contributed by atoms with Crippen LogP contribution in [-0.4, -0.2) is 24.1 Å². The van der Waals surface area contributed by atoms with Crippen molar-refractivity contribution < 1.29 is 23.0 Å². The molecule has 4 rings (SSSR count). The number of thiazole rings is 1. The molecule has 0 bridgehead atoms. The van der Waals surface area contributed by atoms with Crippen LogP contribution in [0.25, 0.3) is 0 Å². The molecule has 5 nitrogen and oxygen atoms in total. The van der Waals surface area contributed by atoms with Crippen LogP contribution in [0.2, 0.25) is 0 Å². The molecule has 1 amide bonds. The van der Waals surface area contributed by atoms with E-state index in [1.165, 1.54) is 17.4 Å². The van der Waals surface area contributed by atoms with E-state index in [2.05, 4.69) is 10.3 Å². The van der Waals surface area contributed by atoms with Crippen molar-refractivity contribution in [3.8, 4) is 11.5 Å². The summed E-state index contributed by atoms with van der Waals surface area (Å²) in [5.41, 5.74) is 1.45. The Kier molecular flexibility index (Phi) is 5.71. The standard InChI is InChI=1S/C21H18F2N2O3S/c22-16-4-2-13(9-17(16)23)8-15-12-24-21(29-15)25-20(26)11-14-3-5-18-19(10-14)28-7-1-6-27-18/h2-5,9-10,12H,1,6-8,11H2,(H,24,25,26). The molecule has 0 aliphatic carbocycles. The van der Waals surface area contributed by atoms with Crippen molar-refractivity contribution >= 4 is 22.4 Å². The molecule has 1 N–H and O–H groups in total. The van der Waals surface area contributed by atoms with Crippen LogP contribution in [0.15, 0.2) is 42.6 Å². The molecule has 3 aromatic rings. The normalized spacial score (nSPS) is 13.0. The molecule has 0 saturated carbocycles. The van der Waals surface area contributed by atoms with Crippen molar-refractivity contribution in [3.63, 3.8) is 0 Å². The third-order valence-corrected chi connectivity index (χ3v) is 5.25. The maximum absolute atomic E-state index is 13.3. The van der Waals surface area contributed by atoms with Crippen molar-refractivity contribution in [2.45, 2.75) is 19.3 Å². The second-order valence-electron chi connectivity index (χ2n) is 6.61. The largest absolute Gasteiger partial charge is 0.490 e. The van der Waals surface area contributed by atoms with Gasteiger partial charge in [0.15, 0.2) is 28.3 Å². The van der Waals surface area contributed by atoms with Gasteiger partial charge >= 0.3 is 0 Å². The van der Waals surface area contributed by atoms with Gasteiger partial charge in [0, 0.05) is 23.9 Å². The Bertz CT molecular complexity index is 1040. The first-order valence-electron chi connectivity index (χ1n) is 9.14. The zero-order valence-electron chi connectivity index (χ0n) is 15.4. The minimum atomic E-state index is -0.879. The number of rotatable bonds is 5. The number of benzene rings is 2. The average molecular weight is 416 g/mol. The first-order valence-corrected chi connectivity index (χ1v) is 9.95. The lowest BCUT2D eigenvalue weighted by Gasteiger charge is -2.09. The molecule has 8 heteroatoms. The van der Waals surface area contributed by atoms with Crippen LogP contribution >= 0.6 is 11.3 Å². The molecule has 0 radical (unpaired) electrons. The lowest BCUT2D eigenvalue weighted by Crippen LogP contribution is -2.14. The van der Waals surface area contributed by atoms with E-state index in [0.29, 0.717) is 41.8 Å². The van der Waals surface area contributed by atoms with Crippen molar-refractivity contribution in [3.05, 3.63) is 70.2 Å². The van der Waals surface area contributed by atoms with Crippen molar-refractivity contribution in [1.82, 2.24) is 4.98 Å². The minimum Gasteiger partial charge on any atom is -0.490 e. The van der Waals surface area contributed by atoms with Gasteiger partial charge in [-0.25, -0.2) is 13.8 Å². The van der Waals surface area contributed by atoms with Crippen LogP contribution in [0.1, 0.15) is 22.4 Å². The average Bonchev–Trinajstić information content (AvgIpc) is 2.98. The number of carbonyl (C=O) groups is 1. The molecule has 0 fully saturated rings. The van der Waals surface area contributed by atoms with E-state index < -0.39 is 11.6 Å². The van der Waals surface area contributed by atoms with Gasteiger partial charge in [-0.1, -0.05) is 12.1 Å². The molecular weight excluding hydrogens is 398 g/mol. The van der Waals surface area contributed by atoms with Crippen LogP contribution < -0.4 is 14.8 Å². The summed E-state index contributed by atoms with van der Waals surface area (Å²) in [5.74, 6) is -0.617. The Balaban J connectivity index is 1.36. The molecule has 1 aromatic heterocycles. The third-order valence-electron chi connectivity index (χ3n) is 4.34. The number of amides is 1. The van der Waals surface area contributed by atoms with E-state index >= 15 is 0 Å². The van der Waals surface area contributed by atoms with Crippen LogP contribution in [0, 0.1) is 11.6 Å². The molecule has 29 heavy (non-hydrogen) atoms. The summed E-state index contributed by atoms with van der Waals surface area (Å²) in [6.45, 7) is 1.20. The zero-order valence-corrected chi connectivity index (χ0v) is 16.2. The quantitative estimate of drug-likeness (QED) is 0.672. The van der Waals surface area contributed by atoms with Crippen LogP contribution in [0.4, 0.5) is 13.9 Å². The number of anilines is 1. The summed E-state index contributed by atoms with van der Waals surface area (Å²) in [6, 6.07) is 9.26. The maximum Gasteiger partial charge on any atom is 0.230 e. The fraction of sp³-hybridized carbons (Fsp3) is 0.238. The van der Waals surface area contributed by atoms with Crippen molar-refractivity contribution in [2.75, 3.05) is 18.5 Å². The molecule has 2 heterocycles. The Morgan fingerprint density at radius 1 is 1.03 bits per heavy atom. The Morgan fingerprint density at radius 3 is 2.66 bits per heavy atom. The SMILES string of the molecule is O=C(Cc1ccc2c(c1)OCCCO2)Nc1ncc(Cc2ccc(F)c(F)c2)s1. The lowest BCUT2D eigenvalue weighted by molar-refractivity contribution is -0.115. The lowest BCUT2D eigenvalue weighted by atomic mass is 10.1. The number of carbonyl (C=O) groups excluding carboxylic acids is 1. The zero-order chi connectivity index (χ0) is 20.2. The maximum atomic E-state index is 13.3. The van der Waals surface area contributed by atoms with Crippen LogP contribution in [-0.2, 0) is 17.6 Å². The van der Waals surface area contributed by atoms with Gasteiger partial charge in [0.05, 0.1) is 19.6 Å². The first kappa shape index (κ1) is 19.3. The minimum absolute atomic E-state index is 0.175. The van der Waals surface area contributed by atoms with E-state index in [9.17, 15) is 13.6 Å². The van der Waals surface area contributed by atoms with E-state index in [1.54, 1.807) is 6.20 Å². The van der Waals surface area contributed by atoms with Gasteiger partial charge in [0.1, 0.15) is 0 Å². The second-order valence-corrected chi connectivity index (χ2v) is 7.73. The summed E-state index contributed by atoms with van der Waals surface area (Å²) in [5, 5.41) is 3.23. The number of nitrogens with one attached hydrogen (secondary N) is 1. The predicted molar refractivity (Wildman–Crippen MR) is 106 cm³/mol. The van der Waals surface area contributed by atoms with E-state index in [0.717, 1.165) is 29.0 Å². The highest BCUT2D eigenvalue weighted by Gasteiger charge is 2.13.